The van der Waals surface area contributed by atoms with E-state index in [0.29, 0.717) is 34.2 Å². The molecule has 6 nitrogen and oxygen atoms in total. The third-order valence-electron chi connectivity index (χ3n) is 7.24. The van der Waals surface area contributed by atoms with Crippen LogP contribution in [-0.4, -0.2) is 24.9 Å². The summed E-state index contributed by atoms with van der Waals surface area (Å²) in [4.78, 5) is 24.1. The summed E-state index contributed by atoms with van der Waals surface area (Å²) in [6.45, 7) is 0. The van der Waals surface area contributed by atoms with Gasteiger partial charge in [0.2, 0.25) is 0 Å². The maximum Gasteiger partial charge on any atom is 0.161 e. The highest BCUT2D eigenvalue weighted by Crippen LogP contribution is 2.31. The third-order valence-corrected chi connectivity index (χ3v) is 7.24. The molecule has 0 saturated heterocycles. The van der Waals surface area contributed by atoms with Crippen LogP contribution in [0.3, 0.4) is 0 Å². The second-order valence-corrected chi connectivity index (χ2v) is 10.2. The fourth-order valence-electron chi connectivity index (χ4n) is 4.97. The van der Waals surface area contributed by atoms with Crippen molar-refractivity contribution in [1.29, 1.82) is 5.26 Å². The molecule has 0 unspecified atom stereocenters. The van der Waals surface area contributed by atoms with Crippen LogP contribution in [0.15, 0.2) is 146 Å². The summed E-state index contributed by atoms with van der Waals surface area (Å²) < 4.78 is 0. The zero-order valence-corrected chi connectivity index (χ0v) is 23.5. The van der Waals surface area contributed by atoms with Crippen LogP contribution in [0.1, 0.15) is 5.56 Å². The van der Waals surface area contributed by atoms with Crippen molar-refractivity contribution in [1.82, 2.24) is 24.9 Å². The minimum absolute atomic E-state index is 0.499. The van der Waals surface area contributed by atoms with Gasteiger partial charge in [-0.2, -0.15) is 5.26 Å². The molecular formula is C38H24N6. The van der Waals surface area contributed by atoms with Crippen molar-refractivity contribution in [2.24, 2.45) is 0 Å². The lowest BCUT2D eigenvalue weighted by molar-refractivity contribution is 1.17. The number of pyridine rings is 3. The van der Waals surface area contributed by atoms with Gasteiger partial charge in [-0.25, -0.2) is 15.0 Å². The first-order valence-corrected chi connectivity index (χ1v) is 14.1. The average molecular weight is 565 g/mol. The number of rotatable bonds is 6. The molecule has 0 fully saturated rings. The molecule has 206 valence electrons. The highest BCUT2D eigenvalue weighted by atomic mass is 14.9. The Morgan fingerprint density at radius 3 is 1.39 bits per heavy atom. The van der Waals surface area contributed by atoms with Gasteiger partial charge in [0, 0.05) is 29.1 Å². The summed E-state index contributed by atoms with van der Waals surface area (Å²) in [5.74, 6) is 0.595. The molecule has 0 spiro atoms. The molecule has 0 radical (unpaired) electrons. The highest BCUT2D eigenvalue weighted by molar-refractivity contribution is 5.76. The number of benzene rings is 3. The van der Waals surface area contributed by atoms with Crippen LogP contribution in [0.2, 0.25) is 0 Å². The minimum atomic E-state index is 0.499. The first-order valence-electron chi connectivity index (χ1n) is 14.1. The topological polar surface area (TPSA) is 88.2 Å². The highest BCUT2D eigenvalue weighted by Gasteiger charge is 2.14. The second kappa shape index (κ2) is 11.9. The van der Waals surface area contributed by atoms with E-state index >= 15 is 0 Å². The van der Waals surface area contributed by atoms with Gasteiger partial charge in [0.05, 0.1) is 39.7 Å². The molecule has 4 aromatic heterocycles. The molecule has 0 amide bonds. The molecule has 0 aliphatic rings. The van der Waals surface area contributed by atoms with Gasteiger partial charge in [-0.15, -0.1) is 0 Å². The number of aromatic nitrogens is 5. The summed E-state index contributed by atoms with van der Waals surface area (Å²) in [5, 5.41) is 9.21. The summed E-state index contributed by atoms with van der Waals surface area (Å²) in [6, 6.07) is 46.0. The van der Waals surface area contributed by atoms with E-state index < -0.39 is 0 Å². The van der Waals surface area contributed by atoms with E-state index in [2.05, 4.69) is 23.2 Å². The van der Waals surface area contributed by atoms with Crippen molar-refractivity contribution in [2.75, 3.05) is 0 Å². The molecule has 0 atom stereocenters. The Labute approximate surface area is 255 Å². The predicted octanol–water partition coefficient (Wildman–Crippen LogP) is 8.54. The van der Waals surface area contributed by atoms with Gasteiger partial charge in [0.15, 0.2) is 5.82 Å². The quantitative estimate of drug-likeness (QED) is 0.201. The maximum atomic E-state index is 9.21. The number of hydrogen-bond donors (Lipinski definition) is 0. The van der Waals surface area contributed by atoms with Gasteiger partial charge in [0.25, 0.3) is 0 Å². The molecule has 0 aliphatic heterocycles. The molecule has 0 bridgehead atoms. The van der Waals surface area contributed by atoms with Gasteiger partial charge < -0.3 is 0 Å². The summed E-state index contributed by atoms with van der Waals surface area (Å²) in [5.41, 5.74) is 9.88. The van der Waals surface area contributed by atoms with Crippen LogP contribution in [0.5, 0.6) is 0 Å². The normalized spacial score (nSPS) is 10.7. The average Bonchev–Trinajstić information content (AvgIpc) is 3.12. The number of nitrogens with zero attached hydrogens (tertiary/aromatic N) is 6. The van der Waals surface area contributed by atoms with Crippen LogP contribution < -0.4 is 0 Å². The molecule has 6 heteroatoms. The third kappa shape index (κ3) is 5.58. The Balaban J connectivity index is 1.30. The van der Waals surface area contributed by atoms with Gasteiger partial charge >= 0.3 is 0 Å². The molecule has 4 heterocycles. The maximum absolute atomic E-state index is 9.21. The van der Waals surface area contributed by atoms with E-state index in [1.807, 2.05) is 115 Å². The lowest BCUT2D eigenvalue weighted by Crippen LogP contribution is -1.97. The van der Waals surface area contributed by atoms with Crippen molar-refractivity contribution in [2.45, 2.75) is 0 Å². The predicted molar refractivity (Wildman–Crippen MR) is 173 cm³/mol. The summed E-state index contributed by atoms with van der Waals surface area (Å²) >= 11 is 0. The van der Waals surface area contributed by atoms with Crippen LogP contribution >= 0.6 is 0 Å². The second-order valence-electron chi connectivity index (χ2n) is 10.2. The van der Waals surface area contributed by atoms with Crippen molar-refractivity contribution < 1.29 is 0 Å². The molecule has 0 N–H and O–H groups in total. The number of nitriles is 1. The summed E-state index contributed by atoms with van der Waals surface area (Å²) in [7, 11) is 0. The standard InChI is InChI=1S/C38H24N6/c39-23-26-16-18-32(40-24-26)36-20-31(27-10-4-1-5-11-27)21-37(42-36)33-19-17-30(25-41-33)38-43-34(28-12-6-2-7-13-28)22-35(44-38)29-14-8-3-9-15-29/h1-22,24-25H. The Hall–Kier alpha value is -6.32. The van der Waals surface area contributed by atoms with E-state index in [1.165, 1.54) is 0 Å². The number of hydrogen-bond acceptors (Lipinski definition) is 6. The fourth-order valence-corrected chi connectivity index (χ4v) is 4.97. The Bertz CT molecular complexity index is 2030. The smallest absolute Gasteiger partial charge is 0.161 e. The molecule has 3 aromatic carbocycles. The Morgan fingerprint density at radius 2 is 0.909 bits per heavy atom. The fraction of sp³-hybridized carbons (Fsp3) is 0. The van der Waals surface area contributed by atoms with Crippen LogP contribution in [-0.2, 0) is 0 Å². The Morgan fingerprint density at radius 1 is 0.386 bits per heavy atom. The molecule has 7 rings (SSSR count). The minimum Gasteiger partial charge on any atom is -0.254 e. The summed E-state index contributed by atoms with van der Waals surface area (Å²) in [6.07, 6.45) is 3.36. The zero-order chi connectivity index (χ0) is 29.7. The SMILES string of the molecule is N#Cc1ccc(-c2cc(-c3ccccc3)cc(-c3ccc(-c4nc(-c5ccccc5)cc(-c5ccccc5)n4)cn3)n2)nc1. The monoisotopic (exact) mass is 564 g/mol. The van der Waals surface area contributed by atoms with Crippen molar-refractivity contribution in [3.05, 3.63) is 151 Å². The lowest BCUT2D eigenvalue weighted by Gasteiger charge is -2.11. The molecule has 7 aromatic rings. The van der Waals surface area contributed by atoms with Gasteiger partial charge in [-0.05, 0) is 53.6 Å². The van der Waals surface area contributed by atoms with Crippen molar-refractivity contribution >= 4 is 0 Å². The van der Waals surface area contributed by atoms with Crippen molar-refractivity contribution in [3.63, 3.8) is 0 Å². The van der Waals surface area contributed by atoms with E-state index in [9.17, 15) is 5.26 Å². The first kappa shape index (κ1) is 26.6. The zero-order valence-electron chi connectivity index (χ0n) is 23.5. The van der Waals surface area contributed by atoms with Gasteiger partial charge in [-0.3, -0.25) is 9.97 Å². The molecule has 0 saturated carbocycles. The van der Waals surface area contributed by atoms with E-state index in [-0.39, 0.29) is 0 Å². The Kier molecular flexibility index (Phi) is 7.18. The van der Waals surface area contributed by atoms with Crippen LogP contribution in [0.4, 0.5) is 0 Å². The largest absolute Gasteiger partial charge is 0.254 e. The molecule has 44 heavy (non-hydrogen) atoms. The van der Waals surface area contributed by atoms with Gasteiger partial charge in [-0.1, -0.05) is 91.0 Å². The van der Waals surface area contributed by atoms with E-state index in [4.69, 9.17) is 19.9 Å². The van der Waals surface area contributed by atoms with Crippen LogP contribution in [0.25, 0.3) is 67.8 Å². The van der Waals surface area contributed by atoms with E-state index in [0.717, 1.165) is 39.2 Å². The van der Waals surface area contributed by atoms with Gasteiger partial charge in [0.1, 0.15) is 6.07 Å². The van der Waals surface area contributed by atoms with Crippen molar-refractivity contribution in [3.8, 4) is 73.9 Å². The van der Waals surface area contributed by atoms with E-state index in [1.54, 1.807) is 18.5 Å². The lowest BCUT2D eigenvalue weighted by atomic mass is 10.0. The van der Waals surface area contributed by atoms with Crippen LogP contribution in [0, 0.1) is 11.3 Å². The molecule has 0 aliphatic carbocycles. The molecular weight excluding hydrogens is 540 g/mol. The first-order chi connectivity index (χ1) is 21.7.